The molecule has 2 rings (SSSR count). The lowest BCUT2D eigenvalue weighted by molar-refractivity contribution is 0.415. The van der Waals surface area contributed by atoms with Crippen molar-refractivity contribution in [1.29, 1.82) is 0 Å². The van der Waals surface area contributed by atoms with Gasteiger partial charge in [0.2, 0.25) is 0 Å². The SMILES string of the molecule is COc1ccc(NCc2cccs2)c(N)c1. The molecule has 0 atom stereocenters. The van der Waals surface area contributed by atoms with Crippen LogP contribution < -0.4 is 15.8 Å². The van der Waals surface area contributed by atoms with Gasteiger partial charge in [0.15, 0.2) is 0 Å². The van der Waals surface area contributed by atoms with Crippen molar-refractivity contribution in [2.45, 2.75) is 6.54 Å². The lowest BCUT2D eigenvalue weighted by Crippen LogP contribution is -2.01. The van der Waals surface area contributed by atoms with Gasteiger partial charge in [-0.1, -0.05) is 6.07 Å². The van der Waals surface area contributed by atoms with Crippen molar-refractivity contribution in [2.24, 2.45) is 0 Å². The number of anilines is 2. The van der Waals surface area contributed by atoms with Crippen LogP contribution in [0.4, 0.5) is 11.4 Å². The Morgan fingerprint density at radius 2 is 2.25 bits per heavy atom. The summed E-state index contributed by atoms with van der Waals surface area (Å²) in [6, 6.07) is 9.78. The zero-order chi connectivity index (χ0) is 11.4. The molecule has 3 N–H and O–H groups in total. The van der Waals surface area contributed by atoms with E-state index in [2.05, 4.69) is 16.8 Å². The Bertz CT molecular complexity index is 454. The summed E-state index contributed by atoms with van der Waals surface area (Å²) in [4.78, 5) is 1.29. The molecule has 0 aliphatic heterocycles. The third kappa shape index (κ3) is 2.46. The predicted molar refractivity (Wildman–Crippen MR) is 69.1 cm³/mol. The largest absolute Gasteiger partial charge is 0.497 e. The molecule has 0 spiro atoms. The Morgan fingerprint density at radius 3 is 2.88 bits per heavy atom. The van der Waals surface area contributed by atoms with Gasteiger partial charge in [0, 0.05) is 17.5 Å². The number of hydrogen-bond acceptors (Lipinski definition) is 4. The van der Waals surface area contributed by atoms with Crippen molar-refractivity contribution in [1.82, 2.24) is 0 Å². The molecular weight excluding hydrogens is 220 g/mol. The Kier molecular flexibility index (Phi) is 3.31. The van der Waals surface area contributed by atoms with E-state index in [1.54, 1.807) is 18.4 Å². The number of ether oxygens (including phenoxy) is 1. The number of hydrogen-bond donors (Lipinski definition) is 2. The summed E-state index contributed by atoms with van der Waals surface area (Å²) in [6.07, 6.45) is 0. The van der Waals surface area contributed by atoms with Gasteiger partial charge in [-0.25, -0.2) is 0 Å². The van der Waals surface area contributed by atoms with Gasteiger partial charge < -0.3 is 15.8 Å². The fourth-order valence-electron chi connectivity index (χ4n) is 1.42. The summed E-state index contributed by atoms with van der Waals surface area (Å²) in [5.74, 6) is 0.777. The standard InChI is InChI=1S/C12H14N2OS/c1-15-9-4-5-12(11(13)7-9)14-8-10-3-2-6-16-10/h2-7,14H,8,13H2,1H3. The van der Waals surface area contributed by atoms with E-state index in [0.29, 0.717) is 5.69 Å². The van der Waals surface area contributed by atoms with Crippen molar-refractivity contribution in [3.05, 3.63) is 40.6 Å². The van der Waals surface area contributed by atoms with Gasteiger partial charge in [-0.15, -0.1) is 11.3 Å². The van der Waals surface area contributed by atoms with E-state index in [1.807, 2.05) is 24.3 Å². The maximum atomic E-state index is 5.90. The first-order valence-corrected chi connectivity index (χ1v) is 5.87. The lowest BCUT2D eigenvalue weighted by atomic mass is 10.2. The molecule has 1 aromatic heterocycles. The van der Waals surface area contributed by atoms with Crippen LogP contribution in [0, 0.1) is 0 Å². The van der Waals surface area contributed by atoms with E-state index in [4.69, 9.17) is 10.5 Å². The first-order chi connectivity index (χ1) is 7.79. The Labute approximate surface area is 98.9 Å². The minimum absolute atomic E-state index is 0.705. The molecule has 1 heterocycles. The quantitative estimate of drug-likeness (QED) is 0.800. The van der Waals surface area contributed by atoms with Crippen LogP contribution in [0.5, 0.6) is 5.75 Å². The molecule has 2 aromatic rings. The van der Waals surface area contributed by atoms with E-state index in [0.717, 1.165) is 18.0 Å². The van der Waals surface area contributed by atoms with Crippen LogP contribution in [0.15, 0.2) is 35.7 Å². The maximum Gasteiger partial charge on any atom is 0.121 e. The van der Waals surface area contributed by atoms with Crippen molar-refractivity contribution < 1.29 is 4.74 Å². The second-order valence-electron chi connectivity index (χ2n) is 3.39. The summed E-state index contributed by atoms with van der Waals surface area (Å²) in [7, 11) is 1.63. The zero-order valence-corrected chi connectivity index (χ0v) is 9.88. The van der Waals surface area contributed by atoms with Gasteiger partial charge in [-0.05, 0) is 23.6 Å². The number of nitrogen functional groups attached to an aromatic ring is 1. The smallest absolute Gasteiger partial charge is 0.121 e. The second-order valence-corrected chi connectivity index (χ2v) is 4.42. The summed E-state index contributed by atoms with van der Waals surface area (Å²) < 4.78 is 5.09. The number of benzene rings is 1. The highest BCUT2D eigenvalue weighted by molar-refractivity contribution is 7.09. The lowest BCUT2D eigenvalue weighted by Gasteiger charge is -2.09. The van der Waals surface area contributed by atoms with Crippen molar-refractivity contribution >= 4 is 22.7 Å². The number of nitrogens with one attached hydrogen (secondary N) is 1. The molecule has 0 aliphatic carbocycles. The molecule has 0 radical (unpaired) electrons. The Hall–Kier alpha value is -1.68. The number of thiophene rings is 1. The minimum Gasteiger partial charge on any atom is -0.497 e. The first kappa shape index (κ1) is 10.8. The second kappa shape index (κ2) is 4.90. The molecule has 0 amide bonds. The predicted octanol–water partition coefficient (Wildman–Crippen LogP) is 2.95. The fourth-order valence-corrected chi connectivity index (χ4v) is 2.07. The molecule has 84 valence electrons. The average Bonchev–Trinajstić information content (AvgIpc) is 2.80. The van der Waals surface area contributed by atoms with Crippen molar-refractivity contribution in [3.63, 3.8) is 0 Å². The van der Waals surface area contributed by atoms with Crippen molar-refractivity contribution in [3.8, 4) is 5.75 Å². The number of nitrogens with two attached hydrogens (primary N) is 1. The van der Waals surface area contributed by atoms with Crippen LogP contribution in [0.1, 0.15) is 4.88 Å². The van der Waals surface area contributed by atoms with E-state index in [-0.39, 0.29) is 0 Å². The van der Waals surface area contributed by atoms with Gasteiger partial charge in [0.05, 0.1) is 18.5 Å². The summed E-state index contributed by atoms with van der Waals surface area (Å²) in [6.45, 7) is 0.800. The van der Waals surface area contributed by atoms with E-state index < -0.39 is 0 Å². The zero-order valence-electron chi connectivity index (χ0n) is 9.07. The van der Waals surface area contributed by atoms with Gasteiger partial charge in [-0.2, -0.15) is 0 Å². The van der Waals surface area contributed by atoms with E-state index >= 15 is 0 Å². The van der Waals surface area contributed by atoms with Crippen LogP contribution >= 0.6 is 11.3 Å². The molecule has 0 unspecified atom stereocenters. The normalized spacial score (nSPS) is 10.1. The Morgan fingerprint density at radius 1 is 1.38 bits per heavy atom. The molecule has 4 heteroatoms. The first-order valence-electron chi connectivity index (χ1n) is 4.99. The summed E-state index contributed by atoms with van der Waals surface area (Å²) in [5.41, 5.74) is 7.54. The maximum absolute atomic E-state index is 5.90. The van der Waals surface area contributed by atoms with Gasteiger partial charge in [-0.3, -0.25) is 0 Å². The topological polar surface area (TPSA) is 47.3 Å². The van der Waals surface area contributed by atoms with Gasteiger partial charge in [0.25, 0.3) is 0 Å². The molecular formula is C12H14N2OS. The minimum atomic E-state index is 0.705. The molecule has 0 saturated heterocycles. The molecule has 3 nitrogen and oxygen atoms in total. The van der Waals surface area contributed by atoms with Crippen molar-refractivity contribution in [2.75, 3.05) is 18.2 Å². The van der Waals surface area contributed by atoms with Gasteiger partial charge in [0.1, 0.15) is 5.75 Å². The molecule has 0 bridgehead atoms. The van der Waals surface area contributed by atoms with Gasteiger partial charge >= 0.3 is 0 Å². The third-order valence-corrected chi connectivity index (χ3v) is 3.17. The highest BCUT2D eigenvalue weighted by atomic mass is 32.1. The fraction of sp³-hybridized carbons (Fsp3) is 0.167. The molecule has 0 saturated carbocycles. The Balaban J connectivity index is 2.04. The monoisotopic (exact) mass is 234 g/mol. The molecule has 1 aromatic carbocycles. The highest BCUT2D eigenvalue weighted by Crippen LogP contribution is 2.24. The summed E-state index contributed by atoms with van der Waals surface area (Å²) >= 11 is 1.73. The number of rotatable bonds is 4. The molecule has 0 aliphatic rings. The molecule has 0 fully saturated rings. The van der Waals surface area contributed by atoms with Crippen LogP contribution in [-0.2, 0) is 6.54 Å². The third-order valence-electron chi connectivity index (χ3n) is 2.29. The number of methoxy groups -OCH3 is 1. The van der Waals surface area contributed by atoms with E-state index in [1.165, 1.54) is 4.88 Å². The van der Waals surface area contributed by atoms with Crippen LogP contribution in [-0.4, -0.2) is 7.11 Å². The average molecular weight is 234 g/mol. The van der Waals surface area contributed by atoms with E-state index in [9.17, 15) is 0 Å². The van der Waals surface area contributed by atoms with Crippen LogP contribution in [0.3, 0.4) is 0 Å². The van der Waals surface area contributed by atoms with Crippen LogP contribution in [0.25, 0.3) is 0 Å². The summed E-state index contributed by atoms with van der Waals surface area (Å²) in [5, 5.41) is 5.36. The highest BCUT2D eigenvalue weighted by Gasteiger charge is 2.01. The van der Waals surface area contributed by atoms with Crippen LogP contribution in [0.2, 0.25) is 0 Å². The molecule has 16 heavy (non-hydrogen) atoms.